The third kappa shape index (κ3) is 8.87. The molecule has 0 bridgehead atoms. The highest BCUT2D eigenvalue weighted by Gasteiger charge is 2.17. The van der Waals surface area contributed by atoms with E-state index in [0.29, 0.717) is 26.4 Å². The smallest absolute Gasteiger partial charge is 0.0701 e. The van der Waals surface area contributed by atoms with Crippen LogP contribution in [0.1, 0.15) is 19.8 Å². The lowest BCUT2D eigenvalue weighted by molar-refractivity contribution is 0.0254. The zero-order valence-electron chi connectivity index (χ0n) is 13.2. The van der Waals surface area contributed by atoms with E-state index >= 15 is 0 Å². The number of hydrogen-bond donors (Lipinski definition) is 1. The summed E-state index contributed by atoms with van der Waals surface area (Å²) in [7, 11) is 1.68. The Bertz CT molecular complexity index is 209. The Morgan fingerprint density at radius 1 is 1.00 bits per heavy atom. The van der Waals surface area contributed by atoms with E-state index in [4.69, 9.17) is 14.2 Å². The van der Waals surface area contributed by atoms with E-state index in [1.165, 1.54) is 32.5 Å². The average Bonchev–Trinajstić information content (AvgIpc) is 2.50. The maximum Gasteiger partial charge on any atom is 0.0701 e. The van der Waals surface area contributed by atoms with E-state index in [2.05, 4.69) is 17.1 Å². The van der Waals surface area contributed by atoms with E-state index in [0.717, 1.165) is 25.6 Å². The first-order chi connectivity index (χ1) is 9.86. The molecule has 1 heterocycles. The Morgan fingerprint density at radius 2 is 1.65 bits per heavy atom. The molecule has 0 atom stereocenters. The maximum atomic E-state index is 5.50. The van der Waals surface area contributed by atoms with Gasteiger partial charge in [0.25, 0.3) is 0 Å². The van der Waals surface area contributed by atoms with Crippen LogP contribution in [0, 0.1) is 5.92 Å². The number of likely N-dealkylation sites (tertiary alicyclic amines) is 1. The summed E-state index contributed by atoms with van der Waals surface area (Å²) in [6, 6.07) is 0. The van der Waals surface area contributed by atoms with E-state index in [9.17, 15) is 0 Å². The predicted octanol–water partition coefficient (Wildman–Crippen LogP) is 0.988. The largest absolute Gasteiger partial charge is 0.382 e. The second-order valence-corrected chi connectivity index (χ2v) is 5.30. The van der Waals surface area contributed by atoms with Gasteiger partial charge in [0.15, 0.2) is 0 Å². The molecule has 5 nitrogen and oxygen atoms in total. The molecule has 0 saturated carbocycles. The first-order valence-electron chi connectivity index (χ1n) is 7.94. The van der Waals surface area contributed by atoms with Crippen molar-refractivity contribution in [2.45, 2.75) is 19.8 Å². The van der Waals surface area contributed by atoms with Crippen molar-refractivity contribution in [2.24, 2.45) is 5.92 Å². The van der Waals surface area contributed by atoms with E-state index in [1.807, 2.05) is 0 Å². The standard InChI is InChI=1S/C15H32N2O3/c1-3-17-7-4-15(5-8-17)14-16-6-9-19-12-13-20-11-10-18-2/h15-16H,3-14H2,1-2H3. The lowest BCUT2D eigenvalue weighted by Crippen LogP contribution is -2.37. The number of nitrogens with zero attached hydrogens (tertiary/aromatic N) is 1. The lowest BCUT2D eigenvalue weighted by atomic mass is 9.97. The topological polar surface area (TPSA) is 43.0 Å². The van der Waals surface area contributed by atoms with Crippen LogP contribution >= 0.6 is 0 Å². The Labute approximate surface area is 123 Å². The SMILES string of the molecule is CCN1CCC(CNCCOCCOCCOC)CC1. The molecule has 0 unspecified atom stereocenters. The Morgan fingerprint density at radius 3 is 2.30 bits per heavy atom. The van der Waals surface area contributed by atoms with Crippen molar-refractivity contribution in [3.05, 3.63) is 0 Å². The van der Waals surface area contributed by atoms with Crippen molar-refractivity contribution < 1.29 is 14.2 Å². The highest BCUT2D eigenvalue weighted by molar-refractivity contribution is 4.72. The molecule has 20 heavy (non-hydrogen) atoms. The highest BCUT2D eigenvalue weighted by atomic mass is 16.5. The molecular weight excluding hydrogens is 256 g/mol. The van der Waals surface area contributed by atoms with Crippen LogP contribution in [0.2, 0.25) is 0 Å². The molecule has 0 aromatic rings. The van der Waals surface area contributed by atoms with Crippen molar-refractivity contribution in [3.8, 4) is 0 Å². The van der Waals surface area contributed by atoms with Crippen molar-refractivity contribution in [1.82, 2.24) is 10.2 Å². The first kappa shape index (κ1) is 17.9. The van der Waals surface area contributed by atoms with Gasteiger partial charge in [0.1, 0.15) is 0 Å². The minimum atomic E-state index is 0.647. The van der Waals surface area contributed by atoms with Gasteiger partial charge in [-0.2, -0.15) is 0 Å². The molecule has 1 saturated heterocycles. The third-order valence-electron chi connectivity index (χ3n) is 3.81. The average molecular weight is 288 g/mol. The fourth-order valence-corrected chi connectivity index (χ4v) is 2.42. The number of hydrogen-bond acceptors (Lipinski definition) is 5. The predicted molar refractivity (Wildman–Crippen MR) is 81.2 cm³/mol. The van der Waals surface area contributed by atoms with Gasteiger partial charge in [0.05, 0.1) is 33.0 Å². The Kier molecular flexibility index (Phi) is 11.2. The fourth-order valence-electron chi connectivity index (χ4n) is 2.42. The lowest BCUT2D eigenvalue weighted by Gasteiger charge is -2.31. The van der Waals surface area contributed by atoms with E-state index in [-0.39, 0.29) is 0 Å². The molecule has 5 heteroatoms. The van der Waals surface area contributed by atoms with Crippen LogP contribution in [0.4, 0.5) is 0 Å². The number of rotatable bonds is 12. The van der Waals surface area contributed by atoms with Gasteiger partial charge in [-0.05, 0) is 44.9 Å². The number of methoxy groups -OCH3 is 1. The number of nitrogens with one attached hydrogen (secondary N) is 1. The highest BCUT2D eigenvalue weighted by Crippen LogP contribution is 2.15. The normalized spacial score (nSPS) is 17.7. The van der Waals surface area contributed by atoms with Gasteiger partial charge in [-0.15, -0.1) is 0 Å². The zero-order chi connectivity index (χ0) is 14.5. The van der Waals surface area contributed by atoms with Crippen molar-refractivity contribution in [2.75, 3.05) is 72.9 Å². The molecule has 0 aromatic carbocycles. The summed E-state index contributed by atoms with van der Waals surface area (Å²) in [5.74, 6) is 0.843. The molecule has 120 valence electrons. The molecule has 0 amide bonds. The summed E-state index contributed by atoms with van der Waals surface area (Å²) in [6.45, 7) is 11.4. The molecule has 0 spiro atoms. The van der Waals surface area contributed by atoms with Crippen LogP contribution in [-0.2, 0) is 14.2 Å². The molecule has 1 aliphatic heterocycles. The third-order valence-corrected chi connectivity index (χ3v) is 3.81. The van der Waals surface area contributed by atoms with Gasteiger partial charge >= 0.3 is 0 Å². The Hall–Kier alpha value is -0.200. The van der Waals surface area contributed by atoms with Crippen LogP contribution in [0.3, 0.4) is 0 Å². The van der Waals surface area contributed by atoms with Gasteiger partial charge in [-0.1, -0.05) is 6.92 Å². The van der Waals surface area contributed by atoms with E-state index < -0.39 is 0 Å². The van der Waals surface area contributed by atoms with Crippen molar-refractivity contribution in [1.29, 1.82) is 0 Å². The minimum Gasteiger partial charge on any atom is -0.382 e. The van der Waals surface area contributed by atoms with Gasteiger partial charge in [-0.3, -0.25) is 0 Å². The zero-order valence-corrected chi connectivity index (χ0v) is 13.2. The van der Waals surface area contributed by atoms with Crippen LogP contribution in [0.15, 0.2) is 0 Å². The van der Waals surface area contributed by atoms with Gasteiger partial charge in [0.2, 0.25) is 0 Å². The van der Waals surface area contributed by atoms with Crippen LogP contribution in [-0.4, -0.2) is 77.8 Å². The molecule has 0 aromatic heterocycles. The van der Waals surface area contributed by atoms with E-state index in [1.54, 1.807) is 7.11 Å². The van der Waals surface area contributed by atoms with Crippen molar-refractivity contribution in [3.63, 3.8) is 0 Å². The molecule has 1 aliphatic rings. The van der Waals surface area contributed by atoms with Gasteiger partial charge < -0.3 is 24.4 Å². The minimum absolute atomic E-state index is 0.647. The second kappa shape index (κ2) is 12.5. The van der Waals surface area contributed by atoms with Gasteiger partial charge in [0, 0.05) is 13.7 Å². The second-order valence-electron chi connectivity index (χ2n) is 5.30. The number of ether oxygens (including phenoxy) is 3. The van der Waals surface area contributed by atoms with Crippen molar-refractivity contribution >= 4 is 0 Å². The fraction of sp³-hybridized carbons (Fsp3) is 1.00. The summed E-state index contributed by atoms with van der Waals surface area (Å²) in [5.41, 5.74) is 0. The summed E-state index contributed by atoms with van der Waals surface area (Å²) >= 11 is 0. The molecule has 1 rings (SSSR count). The molecule has 0 aliphatic carbocycles. The molecular formula is C15H32N2O3. The molecule has 1 N–H and O–H groups in total. The quantitative estimate of drug-likeness (QED) is 0.543. The summed E-state index contributed by atoms with van der Waals surface area (Å²) in [5, 5.41) is 3.49. The summed E-state index contributed by atoms with van der Waals surface area (Å²) in [6.07, 6.45) is 2.66. The van der Waals surface area contributed by atoms with Crippen LogP contribution < -0.4 is 5.32 Å². The first-order valence-corrected chi connectivity index (χ1v) is 7.94. The van der Waals surface area contributed by atoms with Gasteiger partial charge in [-0.25, -0.2) is 0 Å². The maximum absolute atomic E-state index is 5.50. The molecule has 1 fully saturated rings. The Balaban J connectivity index is 1.79. The van der Waals surface area contributed by atoms with Crippen LogP contribution in [0.25, 0.3) is 0 Å². The number of piperidine rings is 1. The summed E-state index contributed by atoms with van der Waals surface area (Å²) < 4.78 is 15.7. The summed E-state index contributed by atoms with van der Waals surface area (Å²) in [4.78, 5) is 2.53. The molecule has 0 radical (unpaired) electrons. The van der Waals surface area contributed by atoms with Crippen LogP contribution in [0.5, 0.6) is 0 Å². The monoisotopic (exact) mass is 288 g/mol.